The van der Waals surface area contributed by atoms with Crippen LogP contribution in [0.4, 0.5) is 10.1 Å². The van der Waals surface area contributed by atoms with Crippen molar-refractivity contribution in [2.45, 2.75) is 69.0 Å². The lowest BCUT2D eigenvalue weighted by molar-refractivity contribution is -0.140. The van der Waals surface area contributed by atoms with E-state index in [0.29, 0.717) is 16.3 Å². The van der Waals surface area contributed by atoms with E-state index in [1.165, 1.54) is 41.3 Å². The molecule has 0 radical (unpaired) electrons. The Hall–Kier alpha value is -4.21. The van der Waals surface area contributed by atoms with Crippen LogP contribution in [0.15, 0.2) is 108 Å². The Morgan fingerprint density at radius 2 is 1.49 bits per heavy atom. The number of carbonyl (C=O) groups is 2. The molecule has 1 aliphatic rings. The fourth-order valence-electron chi connectivity index (χ4n) is 5.86. The molecule has 0 aliphatic heterocycles. The van der Waals surface area contributed by atoms with Gasteiger partial charge in [0, 0.05) is 24.0 Å². The second-order valence-electron chi connectivity index (χ2n) is 12.0. The van der Waals surface area contributed by atoms with Gasteiger partial charge in [0.1, 0.15) is 18.4 Å². The molecule has 0 aromatic heterocycles. The van der Waals surface area contributed by atoms with Crippen LogP contribution in [-0.2, 0) is 32.6 Å². The molecule has 0 saturated heterocycles. The minimum atomic E-state index is -4.24. The second kappa shape index (κ2) is 15.6. The Morgan fingerprint density at radius 3 is 2.13 bits per heavy atom. The lowest BCUT2D eigenvalue weighted by Gasteiger charge is -2.35. The van der Waals surface area contributed by atoms with E-state index in [-0.39, 0.29) is 29.8 Å². The van der Waals surface area contributed by atoms with E-state index in [1.807, 2.05) is 37.3 Å². The number of amides is 2. The smallest absolute Gasteiger partial charge is 0.264 e. The number of aryl methyl sites for hydroxylation is 1. The summed E-state index contributed by atoms with van der Waals surface area (Å²) >= 11 is 6.06. The predicted molar refractivity (Wildman–Crippen MR) is 183 cm³/mol. The van der Waals surface area contributed by atoms with E-state index in [0.717, 1.165) is 47.5 Å². The van der Waals surface area contributed by atoms with Crippen LogP contribution in [0.1, 0.15) is 48.8 Å². The van der Waals surface area contributed by atoms with Crippen molar-refractivity contribution >= 4 is 39.1 Å². The van der Waals surface area contributed by atoms with Crippen LogP contribution in [0.3, 0.4) is 0 Å². The Balaban J connectivity index is 1.55. The molecule has 0 bridgehead atoms. The maximum absolute atomic E-state index is 14.6. The molecule has 4 aromatic rings. The van der Waals surface area contributed by atoms with E-state index in [9.17, 15) is 22.4 Å². The topological polar surface area (TPSA) is 86.8 Å². The first-order valence-electron chi connectivity index (χ1n) is 15.8. The third-order valence-corrected chi connectivity index (χ3v) is 10.5. The zero-order valence-electron chi connectivity index (χ0n) is 26.3. The maximum atomic E-state index is 14.6. The number of hydrogen-bond acceptors (Lipinski definition) is 4. The highest BCUT2D eigenvalue weighted by Gasteiger charge is 2.35. The van der Waals surface area contributed by atoms with Crippen LogP contribution >= 0.6 is 11.6 Å². The summed E-state index contributed by atoms with van der Waals surface area (Å²) < 4.78 is 43.2. The summed E-state index contributed by atoms with van der Waals surface area (Å²) in [6.45, 7) is 1.28. The van der Waals surface area contributed by atoms with Crippen molar-refractivity contribution in [2.75, 3.05) is 10.8 Å². The van der Waals surface area contributed by atoms with Crippen molar-refractivity contribution < 1.29 is 22.4 Å². The Kier molecular flexibility index (Phi) is 11.3. The van der Waals surface area contributed by atoms with Gasteiger partial charge < -0.3 is 10.2 Å². The first-order chi connectivity index (χ1) is 22.6. The molecule has 0 spiro atoms. The third kappa shape index (κ3) is 8.99. The van der Waals surface area contributed by atoms with Gasteiger partial charge in [-0.2, -0.15) is 0 Å². The highest BCUT2D eigenvalue weighted by Crippen LogP contribution is 2.27. The summed E-state index contributed by atoms with van der Waals surface area (Å²) in [4.78, 5) is 30.1. The molecule has 7 nitrogen and oxygen atoms in total. The molecule has 0 heterocycles. The van der Waals surface area contributed by atoms with E-state index in [4.69, 9.17) is 11.6 Å². The SMILES string of the molecule is Cc1ccc(N(CC(=O)N(Cc2ccc(F)cc2)C(Cc2ccccc2)C(=O)NC2CCCCC2)S(=O)(=O)c2ccc(Cl)cc2)cc1. The van der Waals surface area contributed by atoms with Crippen LogP contribution in [0, 0.1) is 12.7 Å². The molecular weight excluding hydrogens is 637 g/mol. The summed E-state index contributed by atoms with van der Waals surface area (Å²) in [6.07, 6.45) is 5.07. The van der Waals surface area contributed by atoms with Gasteiger partial charge in [-0.05, 0) is 79.4 Å². The monoisotopic (exact) mass is 675 g/mol. The summed E-state index contributed by atoms with van der Waals surface area (Å²) in [5, 5.41) is 3.56. The number of rotatable bonds is 12. The van der Waals surface area contributed by atoms with Gasteiger partial charge in [0.25, 0.3) is 10.0 Å². The van der Waals surface area contributed by atoms with Crippen molar-refractivity contribution in [2.24, 2.45) is 0 Å². The number of anilines is 1. The average Bonchev–Trinajstić information content (AvgIpc) is 3.07. The normalized spacial score (nSPS) is 14.3. The fraction of sp³-hybridized carbons (Fsp3) is 0.297. The highest BCUT2D eigenvalue weighted by atomic mass is 35.5. The quantitative estimate of drug-likeness (QED) is 0.174. The minimum Gasteiger partial charge on any atom is -0.352 e. The number of halogens is 2. The number of carbonyl (C=O) groups excluding carboxylic acids is 2. The van der Waals surface area contributed by atoms with Crippen molar-refractivity contribution in [3.63, 3.8) is 0 Å². The van der Waals surface area contributed by atoms with Crippen LogP contribution in [-0.4, -0.2) is 43.8 Å². The number of nitrogens with zero attached hydrogens (tertiary/aromatic N) is 2. The highest BCUT2D eigenvalue weighted by molar-refractivity contribution is 7.92. The van der Waals surface area contributed by atoms with Gasteiger partial charge in [0.05, 0.1) is 10.6 Å². The summed E-state index contributed by atoms with van der Waals surface area (Å²) in [5.74, 6) is -1.31. The van der Waals surface area contributed by atoms with Crippen molar-refractivity contribution in [1.29, 1.82) is 0 Å². The van der Waals surface area contributed by atoms with Gasteiger partial charge in [-0.25, -0.2) is 12.8 Å². The molecule has 5 rings (SSSR count). The molecule has 246 valence electrons. The van der Waals surface area contributed by atoms with Crippen LogP contribution in [0.2, 0.25) is 5.02 Å². The molecule has 47 heavy (non-hydrogen) atoms. The molecule has 1 aliphatic carbocycles. The lowest BCUT2D eigenvalue weighted by Crippen LogP contribution is -2.55. The Morgan fingerprint density at radius 1 is 0.851 bits per heavy atom. The van der Waals surface area contributed by atoms with Crippen LogP contribution < -0.4 is 9.62 Å². The number of nitrogens with one attached hydrogen (secondary N) is 1. The summed E-state index contributed by atoms with van der Waals surface area (Å²) in [5.41, 5.74) is 2.67. The molecular formula is C37H39ClFN3O4S. The van der Waals surface area contributed by atoms with Gasteiger partial charge in [-0.3, -0.25) is 13.9 Å². The van der Waals surface area contributed by atoms with Gasteiger partial charge in [-0.15, -0.1) is 0 Å². The first kappa shape index (κ1) is 34.1. The van der Waals surface area contributed by atoms with Crippen LogP contribution in [0.25, 0.3) is 0 Å². The van der Waals surface area contributed by atoms with E-state index < -0.39 is 34.3 Å². The van der Waals surface area contributed by atoms with E-state index >= 15 is 0 Å². The molecule has 1 fully saturated rings. The fourth-order valence-corrected chi connectivity index (χ4v) is 7.40. The van der Waals surface area contributed by atoms with Crippen molar-refractivity contribution in [3.05, 3.63) is 131 Å². The Bertz CT molecular complexity index is 1750. The zero-order chi connectivity index (χ0) is 33.4. The standard InChI is InChI=1S/C37H39ClFN3O4S/c1-27-12-20-33(21-13-27)42(47(45,46)34-22-16-30(38)17-23-34)26-36(43)41(25-29-14-18-31(39)19-15-29)35(24-28-8-4-2-5-9-28)37(44)40-32-10-6-3-7-11-32/h2,4-5,8-9,12-23,32,35H,3,6-7,10-11,24-26H2,1H3,(H,40,44). The summed E-state index contributed by atoms with van der Waals surface area (Å²) in [7, 11) is -4.24. The predicted octanol–water partition coefficient (Wildman–Crippen LogP) is 7.07. The van der Waals surface area contributed by atoms with Gasteiger partial charge in [-0.1, -0.05) is 91.0 Å². The first-order valence-corrected chi connectivity index (χ1v) is 17.6. The minimum absolute atomic E-state index is 0.00774. The van der Waals surface area contributed by atoms with Crippen molar-refractivity contribution in [1.82, 2.24) is 10.2 Å². The van der Waals surface area contributed by atoms with Gasteiger partial charge >= 0.3 is 0 Å². The second-order valence-corrected chi connectivity index (χ2v) is 14.3. The average molecular weight is 676 g/mol. The van der Waals surface area contributed by atoms with Gasteiger partial charge in [0.15, 0.2) is 0 Å². The molecule has 10 heteroatoms. The number of hydrogen-bond donors (Lipinski definition) is 1. The van der Waals surface area contributed by atoms with Gasteiger partial charge in [0.2, 0.25) is 11.8 Å². The maximum Gasteiger partial charge on any atom is 0.264 e. The number of sulfonamides is 1. The third-order valence-electron chi connectivity index (χ3n) is 8.49. The lowest BCUT2D eigenvalue weighted by atomic mass is 9.94. The molecule has 4 aromatic carbocycles. The van der Waals surface area contributed by atoms with E-state index in [2.05, 4.69) is 5.32 Å². The van der Waals surface area contributed by atoms with Crippen molar-refractivity contribution in [3.8, 4) is 0 Å². The molecule has 1 unspecified atom stereocenters. The van der Waals surface area contributed by atoms with E-state index in [1.54, 1.807) is 36.4 Å². The molecule has 1 N–H and O–H groups in total. The molecule has 1 saturated carbocycles. The molecule has 2 amide bonds. The summed E-state index contributed by atoms with van der Waals surface area (Å²) in [6, 6.07) is 26.8. The molecule has 1 atom stereocenters. The zero-order valence-corrected chi connectivity index (χ0v) is 27.9. The number of benzene rings is 4. The van der Waals surface area contributed by atoms with Crippen LogP contribution in [0.5, 0.6) is 0 Å². The largest absolute Gasteiger partial charge is 0.352 e. The Labute approximate surface area is 281 Å².